The van der Waals surface area contributed by atoms with Gasteiger partial charge in [-0.05, 0) is 36.8 Å². The van der Waals surface area contributed by atoms with E-state index in [1.54, 1.807) is 12.1 Å². The van der Waals surface area contributed by atoms with Gasteiger partial charge in [0.05, 0.1) is 11.0 Å². The molecule has 0 fully saturated rings. The van der Waals surface area contributed by atoms with E-state index in [0.717, 1.165) is 12.2 Å². The molecule has 2 aromatic carbocycles. The minimum atomic E-state index is -0.689. The van der Waals surface area contributed by atoms with Gasteiger partial charge in [-0.25, -0.2) is 0 Å². The van der Waals surface area contributed by atoms with Gasteiger partial charge in [-0.1, -0.05) is 18.2 Å². The third-order valence-electron chi connectivity index (χ3n) is 3.39. The van der Waals surface area contributed by atoms with Gasteiger partial charge in [-0.15, -0.1) is 0 Å². The standard InChI is InChI=1S/C16H18N2O3/c1-2-17(14-6-4-3-5-7-14)12-16(19)13-8-10-15(11-9-13)18(20)21/h3-11,16,19H,2,12H2,1H3. The van der Waals surface area contributed by atoms with Crippen LogP contribution in [-0.4, -0.2) is 23.1 Å². The van der Waals surface area contributed by atoms with Crippen molar-refractivity contribution in [2.75, 3.05) is 18.0 Å². The van der Waals surface area contributed by atoms with Crippen molar-refractivity contribution in [3.8, 4) is 0 Å². The highest BCUT2D eigenvalue weighted by Gasteiger charge is 2.14. The first kappa shape index (κ1) is 15.0. The third-order valence-corrected chi connectivity index (χ3v) is 3.39. The van der Waals surface area contributed by atoms with Gasteiger partial charge in [0.2, 0.25) is 0 Å². The highest BCUT2D eigenvalue weighted by atomic mass is 16.6. The molecular weight excluding hydrogens is 268 g/mol. The fraction of sp³-hybridized carbons (Fsp3) is 0.250. The van der Waals surface area contributed by atoms with E-state index in [9.17, 15) is 15.2 Å². The Bertz CT molecular complexity index is 584. The molecule has 0 heterocycles. The van der Waals surface area contributed by atoms with Crippen LogP contribution >= 0.6 is 0 Å². The first-order chi connectivity index (χ1) is 10.1. The van der Waals surface area contributed by atoms with Crippen molar-refractivity contribution in [3.05, 3.63) is 70.3 Å². The van der Waals surface area contributed by atoms with Gasteiger partial charge >= 0.3 is 0 Å². The molecule has 21 heavy (non-hydrogen) atoms. The molecule has 1 N–H and O–H groups in total. The number of aliphatic hydroxyl groups is 1. The number of para-hydroxylation sites is 1. The number of rotatable bonds is 6. The Balaban J connectivity index is 2.09. The molecule has 0 radical (unpaired) electrons. The van der Waals surface area contributed by atoms with Gasteiger partial charge in [0.1, 0.15) is 0 Å². The van der Waals surface area contributed by atoms with Crippen LogP contribution in [0.25, 0.3) is 0 Å². The number of benzene rings is 2. The van der Waals surface area contributed by atoms with Crippen molar-refractivity contribution < 1.29 is 10.0 Å². The Morgan fingerprint density at radius 1 is 1.14 bits per heavy atom. The lowest BCUT2D eigenvalue weighted by molar-refractivity contribution is -0.384. The second kappa shape index (κ2) is 6.85. The van der Waals surface area contributed by atoms with E-state index in [4.69, 9.17) is 0 Å². The Morgan fingerprint density at radius 2 is 1.76 bits per heavy atom. The number of nitro groups is 1. The van der Waals surface area contributed by atoms with Gasteiger partial charge < -0.3 is 10.0 Å². The molecule has 0 saturated heterocycles. The van der Waals surface area contributed by atoms with Crippen LogP contribution in [0.2, 0.25) is 0 Å². The zero-order chi connectivity index (χ0) is 15.2. The summed E-state index contributed by atoms with van der Waals surface area (Å²) in [6.07, 6.45) is -0.689. The molecule has 1 unspecified atom stereocenters. The topological polar surface area (TPSA) is 66.6 Å². The molecule has 0 saturated carbocycles. The van der Waals surface area contributed by atoms with E-state index in [2.05, 4.69) is 4.90 Å². The maximum atomic E-state index is 10.6. The summed E-state index contributed by atoms with van der Waals surface area (Å²) in [6, 6.07) is 15.9. The summed E-state index contributed by atoms with van der Waals surface area (Å²) in [5.41, 5.74) is 1.75. The molecule has 5 heteroatoms. The number of likely N-dealkylation sites (N-methyl/N-ethyl adjacent to an activating group) is 1. The van der Waals surface area contributed by atoms with Crippen LogP contribution in [0.15, 0.2) is 54.6 Å². The van der Waals surface area contributed by atoms with Gasteiger partial charge in [-0.2, -0.15) is 0 Å². The molecule has 2 aromatic rings. The number of nitrogens with zero attached hydrogens (tertiary/aromatic N) is 2. The minimum absolute atomic E-state index is 0.0290. The van der Waals surface area contributed by atoms with Crippen LogP contribution in [0.5, 0.6) is 0 Å². The van der Waals surface area contributed by atoms with Crippen LogP contribution < -0.4 is 4.90 Å². The fourth-order valence-corrected chi connectivity index (χ4v) is 2.19. The van der Waals surface area contributed by atoms with E-state index in [1.807, 2.05) is 37.3 Å². The predicted octanol–water partition coefficient (Wildman–Crippen LogP) is 3.15. The molecule has 1 atom stereocenters. The lowest BCUT2D eigenvalue weighted by atomic mass is 10.1. The summed E-state index contributed by atoms with van der Waals surface area (Å²) in [4.78, 5) is 12.2. The van der Waals surface area contributed by atoms with E-state index in [1.165, 1.54) is 12.1 Å². The molecule has 0 amide bonds. The molecular formula is C16H18N2O3. The van der Waals surface area contributed by atoms with Crippen molar-refractivity contribution in [1.29, 1.82) is 0 Å². The van der Waals surface area contributed by atoms with Crippen LogP contribution in [0.3, 0.4) is 0 Å². The molecule has 2 rings (SSSR count). The zero-order valence-electron chi connectivity index (χ0n) is 11.8. The normalized spacial score (nSPS) is 11.9. The summed E-state index contributed by atoms with van der Waals surface area (Å²) in [5.74, 6) is 0. The first-order valence-electron chi connectivity index (χ1n) is 6.84. The minimum Gasteiger partial charge on any atom is -0.387 e. The van der Waals surface area contributed by atoms with E-state index >= 15 is 0 Å². The molecule has 110 valence electrons. The summed E-state index contributed by atoms with van der Waals surface area (Å²) in [5, 5.41) is 20.9. The zero-order valence-corrected chi connectivity index (χ0v) is 11.8. The molecule has 0 aliphatic heterocycles. The van der Waals surface area contributed by atoms with Gasteiger partial charge in [0.15, 0.2) is 0 Å². The van der Waals surface area contributed by atoms with Crippen LogP contribution in [0, 0.1) is 10.1 Å². The van der Waals surface area contributed by atoms with Crippen molar-refractivity contribution in [2.24, 2.45) is 0 Å². The quantitative estimate of drug-likeness (QED) is 0.654. The number of nitro benzene ring substituents is 1. The number of non-ortho nitro benzene ring substituents is 1. The molecule has 0 aliphatic carbocycles. The van der Waals surface area contributed by atoms with Crippen LogP contribution in [0.4, 0.5) is 11.4 Å². The summed E-state index contributed by atoms with van der Waals surface area (Å²) in [6.45, 7) is 3.24. The highest BCUT2D eigenvalue weighted by molar-refractivity contribution is 5.46. The maximum Gasteiger partial charge on any atom is 0.269 e. The Hall–Kier alpha value is -2.40. The van der Waals surface area contributed by atoms with E-state index in [0.29, 0.717) is 12.1 Å². The average molecular weight is 286 g/mol. The summed E-state index contributed by atoms with van der Waals surface area (Å²) in [7, 11) is 0. The SMILES string of the molecule is CCN(CC(O)c1ccc([N+](=O)[O-])cc1)c1ccccc1. The van der Waals surface area contributed by atoms with Crippen molar-refractivity contribution >= 4 is 11.4 Å². The maximum absolute atomic E-state index is 10.6. The molecule has 0 spiro atoms. The summed E-state index contributed by atoms with van der Waals surface area (Å²) < 4.78 is 0. The van der Waals surface area contributed by atoms with Gasteiger partial charge in [-0.3, -0.25) is 10.1 Å². The highest BCUT2D eigenvalue weighted by Crippen LogP contribution is 2.21. The Morgan fingerprint density at radius 3 is 2.29 bits per heavy atom. The fourth-order valence-electron chi connectivity index (χ4n) is 2.19. The number of anilines is 1. The molecule has 0 aliphatic rings. The second-order valence-electron chi connectivity index (χ2n) is 4.74. The monoisotopic (exact) mass is 286 g/mol. The van der Waals surface area contributed by atoms with Crippen molar-refractivity contribution in [3.63, 3.8) is 0 Å². The smallest absolute Gasteiger partial charge is 0.269 e. The average Bonchev–Trinajstić information content (AvgIpc) is 2.53. The number of aliphatic hydroxyl groups excluding tert-OH is 1. The predicted molar refractivity (Wildman–Crippen MR) is 82.4 cm³/mol. The van der Waals surface area contributed by atoms with E-state index < -0.39 is 11.0 Å². The van der Waals surface area contributed by atoms with Crippen molar-refractivity contribution in [2.45, 2.75) is 13.0 Å². The molecule has 5 nitrogen and oxygen atoms in total. The van der Waals surface area contributed by atoms with E-state index in [-0.39, 0.29) is 5.69 Å². The number of hydrogen-bond acceptors (Lipinski definition) is 4. The lowest BCUT2D eigenvalue weighted by Gasteiger charge is -2.26. The lowest BCUT2D eigenvalue weighted by Crippen LogP contribution is -2.28. The Kier molecular flexibility index (Phi) is 4.90. The Labute approximate surface area is 123 Å². The summed E-state index contributed by atoms with van der Waals surface area (Å²) >= 11 is 0. The van der Waals surface area contributed by atoms with Crippen molar-refractivity contribution in [1.82, 2.24) is 0 Å². The van der Waals surface area contributed by atoms with Gasteiger partial charge in [0.25, 0.3) is 5.69 Å². The second-order valence-corrected chi connectivity index (χ2v) is 4.74. The van der Waals surface area contributed by atoms with Crippen LogP contribution in [-0.2, 0) is 0 Å². The van der Waals surface area contributed by atoms with Crippen LogP contribution in [0.1, 0.15) is 18.6 Å². The molecule has 0 aromatic heterocycles. The third kappa shape index (κ3) is 3.79. The molecule has 0 bridgehead atoms. The largest absolute Gasteiger partial charge is 0.387 e. The first-order valence-corrected chi connectivity index (χ1v) is 6.84. The number of hydrogen-bond donors (Lipinski definition) is 1. The van der Waals surface area contributed by atoms with Gasteiger partial charge in [0, 0.05) is 30.9 Å².